The highest BCUT2D eigenvalue weighted by molar-refractivity contribution is 6.01. The Hall–Kier alpha value is -4.46. The van der Waals surface area contributed by atoms with Crippen molar-refractivity contribution >= 4 is 16.7 Å². The van der Waals surface area contributed by atoms with E-state index < -0.39 is 0 Å². The van der Waals surface area contributed by atoms with E-state index in [-0.39, 0.29) is 12.5 Å². The zero-order valence-electron chi connectivity index (χ0n) is 18.9. The Morgan fingerprint density at radius 2 is 1.82 bits per heavy atom. The molecule has 0 atom stereocenters. The van der Waals surface area contributed by atoms with E-state index >= 15 is 0 Å². The molecule has 0 bridgehead atoms. The second kappa shape index (κ2) is 9.19. The lowest BCUT2D eigenvalue weighted by Crippen LogP contribution is -2.23. The lowest BCUT2D eigenvalue weighted by atomic mass is 10.0. The van der Waals surface area contributed by atoms with Gasteiger partial charge in [0.1, 0.15) is 30.8 Å². The fourth-order valence-corrected chi connectivity index (χ4v) is 3.76. The largest absolute Gasteiger partial charge is 0.488 e. The average Bonchev–Trinajstić information content (AvgIpc) is 3.51. The molecular weight excluding hydrogens is 430 g/mol. The van der Waals surface area contributed by atoms with Crippen LogP contribution in [0, 0.1) is 13.8 Å². The second-order valence-electron chi connectivity index (χ2n) is 7.98. The molecule has 0 fully saturated rings. The van der Waals surface area contributed by atoms with E-state index in [2.05, 4.69) is 20.6 Å². The number of ether oxygens (including phenoxy) is 1. The summed E-state index contributed by atoms with van der Waals surface area (Å²) < 4.78 is 13.0. The number of amides is 1. The molecule has 0 saturated carbocycles. The summed E-state index contributed by atoms with van der Waals surface area (Å²) in [6.07, 6.45) is 3.13. The highest BCUT2D eigenvalue weighted by Crippen LogP contribution is 2.28. The topological polar surface area (TPSA) is 95.1 Å². The number of hydrogen-bond donors (Lipinski definition) is 1. The van der Waals surface area contributed by atoms with Gasteiger partial charge in [-0.15, -0.1) is 0 Å². The molecule has 170 valence electrons. The normalized spacial score (nSPS) is 11.0. The summed E-state index contributed by atoms with van der Waals surface area (Å²) >= 11 is 0. The predicted octanol–water partition coefficient (Wildman–Crippen LogP) is 4.53. The zero-order valence-corrected chi connectivity index (χ0v) is 18.9. The number of nitrogens with zero attached hydrogens (tertiary/aromatic N) is 4. The van der Waals surface area contributed by atoms with Gasteiger partial charge in [-0.1, -0.05) is 41.6 Å². The average molecular weight is 454 g/mol. The SMILES string of the molecule is Cc1noc(C)c1COc1cc2ccccc2cc1C(=O)NCc1ccc(-n2cncn2)cc1. The van der Waals surface area contributed by atoms with Gasteiger partial charge >= 0.3 is 0 Å². The first-order valence-corrected chi connectivity index (χ1v) is 10.9. The van der Waals surface area contributed by atoms with Gasteiger partial charge in [-0.3, -0.25) is 4.79 Å². The number of carbonyl (C=O) groups excluding carboxylic acids is 1. The molecule has 0 spiro atoms. The van der Waals surface area contributed by atoms with E-state index in [1.54, 1.807) is 11.0 Å². The van der Waals surface area contributed by atoms with Crippen molar-refractivity contribution in [1.29, 1.82) is 0 Å². The van der Waals surface area contributed by atoms with Crippen LogP contribution in [0.3, 0.4) is 0 Å². The number of hydrogen-bond acceptors (Lipinski definition) is 6. The van der Waals surface area contributed by atoms with Gasteiger partial charge in [-0.25, -0.2) is 9.67 Å². The second-order valence-corrected chi connectivity index (χ2v) is 7.98. The molecule has 2 heterocycles. The first-order valence-electron chi connectivity index (χ1n) is 10.9. The summed E-state index contributed by atoms with van der Waals surface area (Å²) in [5.74, 6) is 1.01. The van der Waals surface area contributed by atoms with Crippen LogP contribution in [-0.2, 0) is 13.2 Å². The van der Waals surface area contributed by atoms with Gasteiger partial charge in [0.25, 0.3) is 5.91 Å². The van der Waals surface area contributed by atoms with Crippen LogP contribution in [0.5, 0.6) is 5.75 Å². The van der Waals surface area contributed by atoms with Crippen LogP contribution < -0.4 is 10.1 Å². The van der Waals surface area contributed by atoms with Crippen molar-refractivity contribution in [3.63, 3.8) is 0 Å². The number of carbonyl (C=O) groups is 1. The maximum absolute atomic E-state index is 13.2. The number of nitrogens with one attached hydrogen (secondary N) is 1. The molecule has 0 unspecified atom stereocenters. The number of benzene rings is 3. The van der Waals surface area contributed by atoms with E-state index in [4.69, 9.17) is 9.26 Å². The molecule has 0 radical (unpaired) electrons. The molecule has 0 saturated heterocycles. The molecule has 0 aliphatic heterocycles. The van der Waals surface area contributed by atoms with Gasteiger partial charge < -0.3 is 14.6 Å². The van der Waals surface area contributed by atoms with Crippen molar-refractivity contribution in [3.8, 4) is 11.4 Å². The van der Waals surface area contributed by atoms with E-state index in [0.717, 1.165) is 33.3 Å². The molecule has 8 nitrogen and oxygen atoms in total. The fourth-order valence-electron chi connectivity index (χ4n) is 3.76. The predicted molar refractivity (Wildman–Crippen MR) is 127 cm³/mol. The van der Waals surface area contributed by atoms with Crippen molar-refractivity contribution in [3.05, 3.63) is 101 Å². The summed E-state index contributed by atoms with van der Waals surface area (Å²) in [6, 6.07) is 19.4. The summed E-state index contributed by atoms with van der Waals surface area (Å²) in [6.45, 7) is 4.37. The van der Waals surface area contributed by atoms with Crippen LogP contribution in [0.15, 0.2) is 77.8 Å². The molecule has 1 amide bonds. The Morgan fingerprint density at radius 3 is 2.50 bits per heavy atom. The maximum Gasteiger partial charge on any atom is 0.255 e. The van der Waals surface area contributed by atoms with Crippen molar-refractivity contribution < 1.29 is 14.1 Å². The number of aromatic nitrogens is 4. The Morgan fingerprint density at radius 1 is 1.06 bits per heavy atom. The maximum atomic E-state index is 13.2. The summed E-state index contributed by atoms with van der Waals surface area (Å²) in [5.41, 5.74) is 4.00. The van der Waals surface area contributed by atoms with E-state index in [9.17, 15) is 4.79 Å². The van der Waals surface area contributed by atoms with Crippen LogP contribution in [0.25, 0.3) is 16.5 Å². The van der Waals surface area contributed by atoms with Gasteiger partial charge in [-0.05, 0) is 54.4 Å². The van der Waals surface area contributed by atoms with Gasteiger partial charge in [0.2, 0.25) is 0 Å². The van der Waals surface area contributed by atoms with E-state index in [1.165, 1.54) is 6.33 Å². The van der Waals surface area contributed by atoms with Gasteiger partial charge in [0.05, 0.1) is 22.5 Å². The third-order valence-corrected chi connectivity index (χ3v) is 5.72. The van der Waals surface area contributed by atoms with Crippen LogP contribution in [-0.4, -0.2) is 25.8 Å². The Balaban J connectivity index is 1.35. The van der Waals surface area contributed by atoms with Gasteiger partial charge in [0, 0.05) is 6.54 Å². The lowest BCUT2D eigenvalue weighted by Gasteiger charge is -2.14. The standard InChI is InChI=1S/C26H23N5O3/c1-17-24(18(2)34-30-17)14-33-25-12-21-6-4-3-5-20(21)11-23(25)26(32)28-13-19-7-9-22(10-8-19)31-16-27-15-29-31/h3-12,15-16H,13-14H2,1-2H3,(H,28,32). The van der Waals surface area contributed by atoms with Crippen LogP contribution in [0.1, 0.15) is 32.9 Å². The van der Waals surface area contributed by atoms with Gasteiger partial charge in [0.15, 0.2) is 0 Å². The molecule has 8 heteroatoms. The van der Waals surface area contributed by atoms with E-state index in [1.807, 2.05) is 74.5 Å². The summed E-state index contributed by atoms with van der Waals surface area (Å²) in [5, 5.41) is 13.1. The molecular formula is C26H23N5O3. The smallest absolute Gasteiger partial charge is 0.255 e. The first-order chi connectivity index (χ1) is 16.6. The van der Waals surface area contributed by atoms with Crippen LogP contribution in [0.4, 0.5) is 0 Å². The Kier molecular flexibility index (Phi) is 5.78. The highest BCUT2D eigenvalue weighted by Gasteiger charge is 2.16. The Labute approximate surface area is 196 Å². The van der Waals surface area contributed by atoms with Crippen molar-refractivity contribution in [2.45, 2.75) is 27.0 Å². The molecule has 0 aliphatic carbocycles. The molecule has 1 N–H and O–H groups in total. The summed E-state index contributed by atoms with van der Waals surface area (Å²) in [7, 11) is 0. The van der Waals surface area contributed by atoms with Crippen LogP contribution in [0.2, 0.25) is 0 Å². The fraction of sp³-hybridized carbons (Fsp3) is 0.154. The molecule has 2 aromatic heterocycles. The number of fused-ring (bicyclic) bond motifs is 1. The molecule has 3 aromatic carbocycles. The van der Waals surface area contributed by atoms with Crippen molar-refractivity contribution in [1.82, 2.24) is 25.2 Å². The van der Waals surface area contributed by atoms with Crippen LogP contribution >= 0.6 is 0 Å². The number of aryl methyl sites for hydroxylation is 2. The third-order valence-electron chi connectivity index (χ3n) is 5.72. The third kappa shape index (κ3) is 4.38. The zero-order chi connectivity index (χ0) is 23.5. The number of rotatable bonds is 7. The minimum atomic E-state index is -0.208. The highest BCUT2D eigenvalue weighted by atomic mass is 16.5. The van der Waals surface area contributed by atoms with Crippen molar-refractivity contribution in [2.75, 3.05) is 0 Å². The summed E-state index contributed by atoms with van der Waals surface area (Å²) in [4.78, 5) is 17.1. The Bertz CT molecular complexity index is 1420. The first kappa shape index (κ1) is 21.4. The molecule has 5 aromatic rings. The van der Waals surface area contributed by atoms with Crippen molar-refractivity contribution in [2.24, 2.45) is 0 Å². The quantitative estimate of drug-likeness (QED) is 0.389. The minimum absolute atomic E-state index is 0.208. The molecule has 34 heavy (non-hydrogen) atoms. The monoisotopic (exact) mass is 453 g/mol. The molecule has 5 rings (SSSR count). The van der Waals surface area contributed by atoms with E-state index in [0.29, 0.717) is 23.6 Å². The minimum Gasteiger partial charge on any atom is -0.488 e. The molecule has 0 aliphatic rings. The lowest BCUT2D eigenvalue weighted by molar-refractivity contribution is 0.0946. The van der Waals surface area contributed by atoms with Gasteiger partial charge in [-0.2, -0.15) is 5.10 Å².